The van der Waals surface area contributed by atoms with Crippen molar-refractivity contribution in [3.63, 3.8) is 0 Å². The van der Waals surface area contributed by atoms with Crippen LogP contribution in [0.1, 0.15) is 28.8 Å². The SMILES string of the molecule is O=C(NCC1(CO)CCOCC1)c1ccc(C(F)(F)F)cc1. The first kappa shape index (κ1) is 16.8. The topological polar surface area (TPSA) is 58.6 Å². The Labute approximate surface area is 126 Å². The highest BCUT2D eigenvalue weighted by molar-refractivity contribution is 5.94. The monoisotopic (exact) mass is 317 g/mol. The van der Waals surface area contributed by atoms with E-state index in [-0.39, 0.29) is 18.7 Å². The zero-order chi connectivity index (χ0) is 16.2. The molecular weight excluding hydrogens is 299 g/mol. The van der Waals surface area contributed by atoms with E-state index in [1.165, 1.54) is 0 Å². The smallest absolute Gasteiger partial charge is 0.396 e. The number of aliphatic hydroxyl groups excluding tert-OH is 1. The van der Waals surface area contributed by atoms with Gasteiger partial charge in [-0.05, 0) is 37.1 Å². The van der Waals surface area contributed by atoms with Gasteiger partial charge in [-0.15, -0.1) is 0 Å². The van der Waals surface area contributed by atoms with E-state index in [0.717, 1.165) is 24.3 Å². The second kappa shape index (κ2) is 6.66. The van der Waals surface area contributed by atoms with Crippen LogP contribution in [0.2, 0.25) is 0 Å². The van der Waals surface area contributed by atoms with Crippen LogP contribution in [0.25, 0.3) is 0 Å². The molecule has 1 aromatic carbocycles. The Kier molecular flexibility index (Phi) is 5.08. The molecule has 0 atom stereocenters. The minimum atomic E-state index is -4.42. The van der Waals surface area contributed by atoms with Gasteiger partial charge in [-0.25, -0.2) is 0 Å². The number of alkyl halides is 3. The van der Waals surface area contributed by atoms with Crippen molar-refractivity contribution in [2.24, 2.45) is 5.41 Å². The molecule has 2 N–H and O–H groups in total. The van der Waals surface area contributed by atoms with Crippen molar-refractivity contribution < 1.29 is 27.8 Å². The first-order valence-electron chi connectivity index (χ1n) is 7.00. The number of carbonyl (C=O) groups is 1. The molecule has 1 fully saturated rings. The molecule has 0 spiro atoms. The summed E-state index contributed by atoms with van der Waals surface area (Å²) in [6.07, 6.45) is -3.15. The van der Waals surface area contributed by atoms with Gasteiger partial charge in [0.25, 0.3) is 5.91 Å². The van der Waals surface area contributed by atoms with Gasteiger partial charge >= 0.3 is 6.18 Å². The largest absolute Gasteiger partial charge is 0.416 e. The Morgan fingerprint density at radius 2 is 1.82 bits per heavy atom. The maximum Gasteiger partial charge on any atom is 0.416 e. The summed E-state index contributed by atoms with van der Waals surface area (Å²) in [5.74, 6) is -0.451. The number of benzene rings is 1. The van der Waals surface area contributed by atoms with Crippen LogP contribution in [0.4, 0.5) is 13.2 Å². The minimum Gasteiger partial charge on any atom is -0.396 e. The Hall–Kier alpha value is -1.60. The van der Waals surface area contributed by atoms with Gasteiger partial charge in [0, 0.05) is 30.7 Å². The maximum absolute atomic E-state index is 12.5. The summed E-state index contributed by atoms with van der Waals surface area (Å²) in [6, 6.07) is 4.05. The van der Waals surface area contributed by atoms with E-state index in [1.807, 2.05) is 0 Å². The normalized spacial score (nSPS) is 18.0. The number of ether oxygens (including phenoxy) is 1. The number of amides is 1. The van der Waals surface area contributed by atoms with Crippen molar-refractivity contribution in [1.82, 2.24) is 5.32 Å². The average Bonchev–Trinajstić information content (AvgIpc) is 2.53. The van der Waals surface area contributed by atoms with E-state index in [2.05, 4.69) is 5.32 Å². The van der Waals surface area contributed by atoms with Gasteiger partial charge in [0.15, 0.2) is 0 Å². The summed E-state index contributed by atoms with van der Waals surface area (Å²) in [5.41, 5.74) is -1.05. The Balaban J connectivity index is 1.97. The molecule has 7 heteroatoms. The van der Waals surface area contributed by atoms with Crippen LogP contribution < -0.4 is 5.32 Å². The van der Waals surface area contributed by atoms with Crippen LogP contribution in [0.5, 0.6) is 0 Å². The van der Waals surface area contributed by atoms with E-state index < -0.39 is 23.1 Å². The highest BCUT2D eigenvalue weighted by atomic mass is 19.4. The Morgan fingerprint density at radius 3 is 2.32 bits per heavy atom. The average molecular weight is 317 g/mol. The lowest BCUT2D eigenvalue weighted by atomic mass is 9.81. The molecule has 0 unspecified atom stereocenters. The second-order valence-corrected chi connectivity index (χ2v) is 5.53. The summed E-state index contributed by atoms with van der Waals surface area (Å²) < 4.78 is 42.6. The highest BCUT2D eigenvalue weighted by Crippen LogP contribution is 2.30. The molecule has 2 rings (SSSR count). The standard InChI is InChI=1S/C15H18F3NO3/c16-15(17,18)12-3-1-11(2-4-12)13(21)19-9-14(10-20)5-7-22-8-6-14/h1-4,20H,5-10H2,(H,19,21). The van der Waals surface area contributed by atoms with Gasteiger partial charge in [0.1, 0.15) is 0 Å². The Bertz CT molecular complexity index is 508. The third-order valence-corrected chi connectivity index (χ3v) is 3.99. The first-order valence-corrected chi connectivity index (χ1v) is 7.00. The van der Waals surface area contributed by atoms with Crippen LogP contribution in [-0.4, -0.2) is 37.4 Å². The molecule has 0 radical (unpaired) electrons. The van der Waals surface area contributed by atoms with Crippen LogP contribution in [0.15, 0.2) is 24.3 Å². The first-order chi connectivity index (χ1) is 10.4. The molecule has 1 aromatic rings. The summed E-state index contributed by atoms with van der Waals surface area (Å²) in [7, 11) is 0. The molecule has 1 heterocycles. The molecule has 0 bridgehead atoms. The predicted octanol–water partition coefficient (Wildman–Crippen LogP) is 2.22. The van der Waals surface area contributed by atoms with Crippen molar-refractivity contribution in [2.45, 2.75) is 19.0 Å². The van der Waals surface area contributed by atoms with E-state index in [9.17, 15) is 23.1 Å². The van der Waals surface area contributed by atoms with Crippen LogP contribution in [0, 0.1) is 5.41 Å². The van der Waals surface area contributed by atoms with Gasteiger partial charge in [-0.1, -0.05) is 0 Å². The van der Waals surface area contributed by atoms with E-state index in [0.29, 0.717) is 26.1 Å². The number of carbonyl (C=O) groups excluding carboxylic acids is 1. The number of nitrogens with one attached hydrogen (secondary N) is 1. The highest BCUT2D eigenvalue weighted by Gasteiger charge is 2.33. The molecule has 122 valence electrons. The summed E-state index contributed by atoms with van der Waals surface area (Å²) in [6.45, 7) is 1.25. The molecule has 1 aliphatic rings. The van der Waals surface area contributed by atoms with Crippen molar-refractivity contribution in [3.8, 4) is 0 Å². The van der Waals surface area contributed by atoms with Crippen LogP contribution in [-0.2, 0) is 10.9 Å². The van der Waals surface area contributed by atoms with E-state index in [4.69, 9.17) is 4.74 Å². The van der Waals surface area contributed by atoms with Gasteiger partial charge in [-0.2, -0.15) is 13.2 Å². The minimum absolute atomic E-state index is 0.0658. The number of halogens is 3. The molecule has 0 saturated carbocycles. The van der Waals surface area contributed by atoms with Crippen molar-refractivity contribution in [2.75, 3.05) is 26.4 Å². The third kappa shape index (κ3) is 3.98. The number of rotatable bonds is 4. The van der Waals surface area contributed by atoms with Gasteiger partial charge in [-0.3, -0.25) is 4.79 Å². The second-order valence-electron chi connectivity index (χ2n) is 5.53. The molecule has 0 aliphatic carbocycles. The zero-order valence-electron chi connectivity index (χ0n) is 11.9. The summed E-state index contributed by atoms with van der Waals surface area (Å²) >= 11 is 0. The van der Waals surface area contributed by atoms with Crippen molar-refractivity contribution >= 4 is 5.91 Å². The van der Waals surface area contributed by atoms with E-state index >= 15 is 0 Å². The summed E-state index contributed by atoms with van der Waals surface area (Å²) in [5, 5.41) is 12.2. The molecular formula is C15H18F3NO3. The number of hydrogen-bond acceptors (Lipinski definition) is 3. The van der Waals surface area contributed by atoms with Gasteiger partial charge in [0.2, 0.25) is 0 Å². The lowest BCUT2D eigenvalue weighted by Gasteiger charge is -2.35. The lowest BCUT2D eigenvalue weighted by molar-refractivity contribution is -0.137. The van der Waals surface area contributed by atoms with Gasteiger partial charge in [0.05, 0.1) is 12.2 Å². The van der Waals surface area contributed by atoms with E-state index in [1.54, 1.807) is 0 Å². The fourth-order valence-corrected chi connectivity index (χ4v) is 2.38. The molecule has 1 aliphatic heterocycles. The molecule has 1 saturated heterocycles. The number of aliphatic hydroxyl groups is 1. The van der Waals surface area contributed by atoms with Crippen LogP contribution in [0.3, 0.4) is 0 Å². The fourth-order valence-electron chi connectivity index (χ4n) is 2.38. The number of hydrogen-bond donors (Lipinski definition) is 2. The van der Waals surface area contributed by atoms with Crippen molar-refractivity contribution in [1.29, 1.82) is 0 Å². The Morgan fingerprint density at radius 1 is 1.23 bits per heavy atom. The fraction of sp³-hybridized carbons (Fsp3) is 0.533. The van der Waals surface area contributed by atoms with Crippen LogP contribution >= 0.6 is 0 Å². The quantitative estimate of drug-likeness (QED) is 0.895. The zero-order valence-corrected chi connectivity index (χ0v) is 11.9. The third-order valence-electron chi connectivity index (χ3n) is 3.99. The molecule has 22 heavy (non-hydrogen) atoms. The van der Waals surface area contributed by atoms with Crippen molar-refractivity contribution in [3.05, 3.63) is 35.4 Å². The van der Waals surface area contributed by atoms with Gasteiger partial charge < -0.3 is 15.2 Å². The predicted molar refractivity (Wildman–Crippen MR) is 73.3 cm³/mol. The summed E-state index contributed by atoms with van der Waals surface area (Å²) in [4.78, 5) is 12.0. The maximum atomic E-state index is 12.5. The lowest BCUT2D eigenvalue weighted by Crippen LogP contribution is -2.43. The molecule has 1 amide bonds. The molecule has 4 nitrogen and oxygen atoms in total. The molecule has 0 aromatic heterocycles.